The average molecular weight is 342 g/mol. The quantitative estimate of drug-likeness (QED) is 0.747. The molecule has 2 amide bonds. The van der Waals surface area contributed by atoms with Crippen LogP contribution in [0, 0.1) is 6.92 Å². The predicted octanol–water partition coefficient (Wildman–Crippen LogP) is 2.47. The predicted molar refractivity (Wildman–Crippen MR) is 83.1 cm³/mol. The monoisotopic (exact) mass is 341 g/mol. The second-order valence-electron chi connectivity index (χ2n) is 4.45. The molecule has 0 saturated carbocycles. The summed E-state index contributed by atoms with van der Waals surface area (Å²) >= 11 is 11.4. The molecule has 8 heteroatoms. The number of aromatic nitrogens is 1. The van der Waals surface area contributed by atoms with E-state index >= 15 is 0 Å². The highest BCUT2D eigenvalue weighted by Crippen LogP contribution is 2.21. The first-order chi connectivity index (χ1) is 10.5. The van der Waals surface area contributed by atoms with Crippen LogP contribution in [0.3, 0.4) is 0 Å². The zero-order valence-electron chi connectivity index (χ0n) is 11.6. The number of carbonyl (C=O) groups excluding carboxylic acids is 2. The molecular weight excluding hydrogens is 329 g/mol. The fraction of sp³-hybridized carbons (Fsp3) is 0.143. The number of H-pyrrole nitrogens is 1. The van der Waals surface area contributed by atoms with Crippen molar-refractivity contribution < 1.29 is 14.3 Å². The number of amides is 2. The lowest BCUT2D eigenvalue weighted by atomic mass is 10.2. The molecule has 0 spiro atoms. The zero-order valence-corrected chi connectivity index (χ0v) is 13.1. The summed E-state index contributed by atoms with van der Waals surface area (Å²) in [7, 11) is 0. The van der Waals surface area contributed by atoms with Crippen LogP contribution < -0.4 is 15.6 Å². The maximum absolute atomic E-state index is 11.7. The number of rotatable bonds is 4. The van der Waals surface area contributed by atoms with Gasteiger partial charge in [-0.15, -0.1) is 0 Å². The molecule has 0 unspecified atom stereocenters. The van der Waals surface area contributed by atoms with E-state index in [1.807, 2.05) is 19.1 Å². The first kappa shape index (κ1) is 16.2. The molecule has 0 aliphatic carbocycles. The summed E-state index contributed by atoms with van der Waals surface area (Å²) in [6.07, 6.45) is 0. The molecule has 0 aliphatic rings. The number of ether oxygens (including phenoxy) is 1. The third-order valence-electron chi connectivity index (χ3n) is 2.68. The van der Waals surface area contributed by atoms with Crippen LogP contribution in [0.2, 0.25) is 10.2 Å². The van der Waals surface area contributed by atoms with E-state index < -0.39 is 11.8 Å². The Labute approximate surface area is 136 Å². The number of benzene rings is 1. The molecule has 2 aromatic rings. The second kappa shape index (κ2) is 7.20. The lowest BCUT2D eigenvalue weighted by molar-refractivity contribution is -0.123. The van der Waals surface area contributed by atoms with Crippen molar-refractivity contribution in [2.24, 2.45) is 0 Å². The fourth-order valence-corrected chi connectivity index (χ4v) is 1.85. The van der Waals surface area contributed by atoms with Crippen molar-refractivity contribution in [3.63, 3.8) is 0 Å². The highest BCUT2D eigenvalue weighted by atomic mass is 35.5. The SMILES string of the molecule is Cc1ccc(OCC(=O)NNC(=O)c2cc(Cl)c(Cl)[nH]2)cc1. The van der Waals surface area contributed by atoms with Crippen molar-refractivity contribution >= 4 is 35.0 Å². The fourth-order valence-electron chi connectivity index (χ4n) is 1.54. The number of nitrogens with one attached hydrogen (secondary N) is 3. The summed E-state index contributed by atoms with van der Waals surface area (Å²) < 4.78 is 5.27. The van der Waals surface area contributed by atoms with Gasteiger partial charge in [-0.05, 0) is 25.1 Å². The Bertz CT molecular complexity index is 664. The number of halogens is 2. The Morgan fingerprint density at radius 3 is 2.45 bits per heavy atom. The van der Waals surface area contributed by atoms with E-state index in [1.54, 1.807) is 12.1 Å². The largest absolute Gasteiger partial charge is 0.484 e. The Balaban J connectivity index is 1.77. The minimum Gasteiger partial charge on any atom is -0.484 e. The zero-order chi connectivity index (χ0) is 16.1. The van der Waals surface area contributed by atoms with Gasteiger partial charge >= 0.3 is 0 Å². The Hall–Kier alpha value is -2.18. The average Bonchev–Trinajstić information content (AvgIpc) is 2.84. The molecular formula is C14H13Cl2N3O3. The highest BCUT2D eigenvalue weighted by molar-refractivity contribution is 6.41. The van der Waals surface area contributed by atoms with Crippen molar-refractivity contribution in [2.75, 3.05) is 6.61 Å². The summed E-state index contributed by atoms with van der Waals surface area (Å²) in [5.41, 5.74) is 5.66. The van der Waals surface area contributed by atoms with Crippen LogP contribution in [0.5, 0.6) is 5.75 Å². The first-order valence-electron chi connectivity index (χ1n) is 6.28. The number of carbonyl (C=O) groups is 2. The van der Waals surface area contributed by atoms with Gasteiger partial charge in [0.1, 0.15) is 16.6 Å². The number of hydrazine groups is 1. The van der Waals surface area contributed by atoms with Crippen molar-refractivity contribution in [2.45, 2.75) is 6.92 Å². The number of aryl methyl sites for hydroxylation is 1. The number of aromatic amines is 1. The number of hydrogen-bond acceptors (Lipinski definition) is 3. The van der Waals surface area contributed by atoms with Gasteiger partial charge in [-0.25, -0.2) is 0 Å². The van der Waals surface area contributed by atoms with Crippen LogP contribution >= 0.6 is 23.2 Å². The standard InChI is InChI=1S/C14H13Cl2N3O3/c1-8-2-4-9(5-3-8)22-7-12(20)18-19-14(21)11-6-10(15)13(16)17-11/h2-6,17H,7H2,1H3,(H,18,20)(H,19,21). The van der Waals surface area contributed by atoms with Crippen LogP contribution in [-0.2, 0) is 4.79 Å². The maximum atomic E-state index is 11.7. The summed E-state index contributed by atoms with van der Waals surface area (Å²) in [6.45, 7) is 1.72. The van der Waals surface area contributed by atoms with Gasteiger partial charge in [-0.1, -0.05) is 40.9 Å². The second-order valence-corrected chi connectivity index (χ2v) is 5.23. The van der Waals surface area contributed by atoms with E-state index in [0.717, 1.165) is 5.56 Å². The molecule has 6 nitrogen and oxygen atoms in total. The molecule has 1 aromatic heterocycles. The Morgan fingerprint density at radius 1 is 1.18 bits per heavy atom. The van der Waals surface area contributed by atoms with Crippen LogP contribution in [0.25, 0.3) is 0 Å². The molecule has 0 atom stereocenters. The van der Waals surface area contributed by atoms with Crippen LogP contribution in [0.4, 0.5) is 0 Å². The molecule has 0 bridgehead atoms. The smallest absolute Gasteiger partial charge is 0.286 e. The van der Waals surface area contributed by atoms with Gasteiger partial charge < -0.3 is 9.72 Å². The summed E-state index contributed by atoms with van der Waals surface area (Å²) in [5.74, 6) is -0.509. The molecule has 2 rings (SSSR count). The van der Waals surface area contributed by atoms with Gasteiger partial charge in [0.05, 0.1) is 5.02 Å². The highest BCUT2D eigenvalue weighted by Gasteiger charge is 2.12. The van der Waals surface area contributed by atoms with Crippen molar-refractivity contribution in [3.05, 3.63) is 51.8 Å². The Morgan fingerprint density at radius 2 is 1.86 bits per heavy atom. The molecule has 1 aromatic carbocycles. The van der Waals surface area contributed by atoms with Crippen LogP contribution in [-0.4, -0.2) is 23.4 Å². The molecule has 0 aliphatic heterocycles. The molecule has 0 fully saturated rings. The minimum atomic E-state index is -0.572. The summed E-state index contributed by atoms with van der Waals surface area (Å²) in [6, 6.07) is 8.60. The first-order valence-corrected chi connectivity index (χ1v) is 7.04. The molecule has 0 radical (unpaired) electrons. The van der Waals surface area contributed by atoms with Gasteiger partial charge in [0, 0.05) is 0 Å². The topological polar surface area (TPSA) is 83.2 Å². The lowest BCUT2D eigenvalue weighted by Crippen LogP contribution is -2.43. The maximum Gasteiger partial charge on any atom is 0.286 e. The summed E-state index contributed by atoms with van der Waals surface area (Å²) in [5, 5.41) is 0.377. The number of hydrogen-bond donors (Lipinski definition) is 3. The molecule has 0 saturated heterocycles. The van der Waals surface area contributed by atoms with E-state index in [9.17, 15) is 9.59 Å². The van der Waals surface area contributed by atoms with E-state index in [-0.39, 0.29) is 22.5 Å². The van der Waals surface area contributed by atoms with Gasteiger partial charge in [-0.2, -0.15) is 0 Å². The summed E-state index contributed by atoms with van der Waals surface area (Å²) in [4.78, 5) is 25.9. The normalized spacial score (nSPS) is 10.1. The third-order valence-corrected chi connectivity index (χ3v) is 3.37. The van der Waals surface area contributed by atoms with Gasteiger partial charge in [0.25, 0.3) is 11.8 Å². The van der Waals surface area contributed by atoms with Crippen LogP contribution in [0.1, 0.15) is 16.1 Å². The molecule has 22 heavy (non-hydrogen) atoms. The molecule has 1 heterocycles. The lowest BCUT2D eigenvalue weighted by Gasteiger charge is -2.08. The van der Waals surface area contributed by atoms with Crippen molar-refractivity contribution in [1.82, 2.24) is 15.8 Å². The van der Waals surface area contributed by atoms with E-state index in [1.165, 1.54) is 6.07 Å². The van der Waals surface area contributed by atoms with E-state index in [2.05, 4.69) is 15.8 Å². The minimum absolute atomic E-state index is 0.134. The van der Waals surface area contributed by atoms with Gasteiger partial charge in [-0.3, -0.25) is 20.4 Å². The van der Waals surface area contributed by atoms with Gasteiger partial charge in [0.15, 0.2) is 6.61 Å². The third kappa shape index (κ3) is 4.41. The molecule has 116 valence electrons. The Kier molecular flexibility index (Phi) is 5.30. The van der Waals surface area contributed by atoms with E-state index in [0.29, 0.717) is 5.75 Å². The van der Waals surface area contributed by atoms with Crippen molar-refractivity contribution in [3.8, 4) is 5.75 Å². The van der Waals surface area contributed by atoms with Gasteiger partial charge in [0.2, 0.25) is 0 Å². The van der Waals surface area contributed by atoms with Crippen LogP contribution in [0.15, 0.2) is 30.3 Å². The molecule has 3 N–H and O–H groups in total. The van der Waals surface area contributed by atoms with E-state index in [4.69, 9.17) is 27.9 Å². The van der Waals surface area contributed by atoms with Crippen molar-refractivity contribution in [1.29, 1.82) is 0 Å².